The van der Waals surface area contributed by atoms with Gasteiger partial charge in [-0.2, -0.15) is 0 Å². The summed E-state index contributed by atoms with van der Waals surface area (Å²) in [7, 11) is 0. The number of hydrogen-bond acceptors (Lipinski definition) is 1. The van der Waals surface area contributed by atoms with Gasteiger partial charge in [0.15, 0.2) is 0 Å². The van der Waals surface area contributed by atoms with Crippen molar-refractivity contribution in [2.45, 2.75) is 0 Å². The van der Waals surface area contributed by atoms with Crippen molar-refractivity contribution in [3.05, 3.63) is 62.2 Å². The fourth-order valence-electron chi connectivity index (χ4n) is 1.73. The quantitative estimate of drug-likeness (QED) is 0.453. The number of rotatable bonds is 0. The van der Waals surface area contributed by atoms with Crippen LogP contribution >= 0.6 is 0 Å². The van der Waals surface area contributed by atoms with E-state index in [2.05, 4.69) is 23.3 Å². The zero-order valence-electron chi connectivity index (χ0n) is 9.14. The van der Waals surface area contributed by atoms with Crippen molar-refractivity contribution >= 4 is 21.7 Å². The molecule has 1 heterocycles. The molecular formula is C14H11NY-2. The SMILES string of the molecule is [CH3-].[Y].[c-]1nc2ccccc2c2ccccc12. The van der Waals surface area contributed by atoms with Gasteiger partial charge in [-0.05, 0) is 11.7 Å². The molecule has 1 radical (unpaired) electrons. The molecule has 0 unspecified atom stereocenters. The minimum absolute atomic E-state index is 0. The average Bonchev–Trinajstić information content (AvgIpc) is 2.29. The summed E-state index contributed by atoms with van der Waals surface area (Å²) in [6, 6.07) is 16.3. The zero-order valence-corrected chi connectivity index (χ0v) is 12.0. The first kappa shape index (κ1) is 13.3. The van der Waals surface area contributed by atoms with Gasteiger partial charge in [0, 0.05) is 32.7 Å². The third-order valence-corrected chi connectivity index (χ3v) is 2.42. The van der Waals surface area contributed by atoms with Crippen molar-refractivity contribution in [1.29, 1.82) is 0 Å². The second kappa shape index (κ2) is 5.51. The molecule has 0 atom stereocenters. The molecule has 3 rings (SSSR count). The largest absolute Gasteiger partial charge is 0.358 e. The molecule has 0 saturated carbocycles. The monoisotopic (exact) mass is 282 g/mol. The van der Waals surface area contributed by atoms with Crippen molar-refractivity contribution in [2.24, 2.45) is 0 Å². The van der Waals surface area contributed by atoms with Gasteiger partial charge in [-0.3, -0.25) is 0 Å². The molecule has 2 aromatic carbocycles. The molecule has 77 valence electrons. The Hall–Kier alpha value is -0.786. The molecule has 0 amide bonds. The molecule has 2 heteroatoms. The smallest absolute Gasteiger partial charge is 0 e. The van der Waals surface area contributed by atoms with E-state index in [1.54, 1.807) is 0 Å². The molecule has 0 bridgehead atoms. The first-order valence-corrected chi connectivity index (χ1v) is 4.60. The molecule has 0 saturated heterocycles. The van der Waals surface area contributed by atoms with E-state index in [9.17, 15) is 0 Å². The van der Waals surface area contributed by atoms with E-state index >= 15 is 0 Å². The van der Waals surface area contributed by atoms with Gasteiger partial charge < -0.3 is 12.4 Å². The number of nitrogens with zero attached hydrogens (tertiary/aromatic N) is 1. The Labute approximate surface area is 121 Å². The van der Waals surface area contributed by atoms with E-state index in [-0.39, 0.29) is 40.1 Å². The molecule has 1 nitrogen and oxygen atoms in total. The summed E-state index contributed by atoms with van der Waals surface area (Å²) in [5.74, 6) is 0. The number of pyridine rings is 1. The van der Waals surface area contributed by atoms with Gasteiger partial charge in [0.25, 0.3) is 0 Å². The van der Waals surface area contributed by atoms with Gasteiger partial charge in [-0.15, -0.1) is 17.5 Å². The molecule has 0 fully saturated rings. The van der Waals surface area contributed by atoms with E-state index in [4.69, 9.17) is 0 Å². The maximum absolute atomic E-state index is 4.28. The summed E-state index contributed by atoms with van der Waals surface area (Å²) < 4.78 is 0. The van der Waals surface area contributed by atoms with Crippen LogP contribution in [0.1, 0.15) is 0 Å². The number of fused-ring (bicyclic) bond motifs is 3. The average molecular weight is 282 g/mol. The van der Waals surface area contributed by atoms with Gasteiger partial charge in [-0.1, -0.05) is 47.2 Å². The first-order valence-electron chi connectivity index (χ1n) is 4.60. The fourth-order valence-corrected chi connectivity index (χ4v) is 1.73. The molecule has 0 aliphatic rings. The molecule has 0 N–H and O–H groups in total. The Kier molecular flexibility index (Phi) is 4.58. The van der Waals surface area contributed by atoms with Crippen molar-refractivity contribution < 1.29 is 32.7 Å². The molecular weight excluding hydrogens is 271 g/mol. The van der Waals surface area contributed by atoms with E-state index in [0.717, 1.165) is 10.9 Å². The van der Waals surface area contributed by atoms with E-state index < -0.39 is 0 Å². The number of benzene rings is 2. The van der Waals surface area contributed by atoms with Gasteiger partial charge in [0.1, 0.15) is 0 Å². The van der Waals surface area contributed by atoms with Gasteiger partial charge in [-0.25, -0.2) is 0 Å². The van der Waals surface area contributed by atoms with Gasteiger partial charge in [0.2, 0.25) is 0 Å². The molecule has 3 aromatic rings. The van der Waals surface area contributed by atoms with Crippen LogP contribution in [0.3, 0.4) is 0 Å². The summed E-state index contributed by atoms with van der Waals surface area (Å²) >= 11 is 0. The van der Waals surface area contributed by atoms with E-state index in [0.29, 0.717) is 0 Å². The van der Waals surface area contributed by atoms with Crippen LogP contribution in [-0.4, -0.2) is 4.98 Å². The molecule has 0 aliphatic carbocycles. The predicted molar refractivity (Wildman–Crippen MR) is 64.5 cm³/mol. The summed E-state index contributed by atoms with van der Waals surface area (Å²) in [5.41, 5.74) is 1.01. The predicted octanol–water partition coefficient (Wildman–Crippen LogP) is 3.64. The Balaban J connectivity index is 0.000000640. The van der Waals surface area contributed by atoms with Crippen molar-refractivity contribution in [3.8, 4) is 0 Å². The minimum Gasteiger partial charge on any atom is -0.358 e. The maximum atomic E-state index is 4.28. The number of para-hydroxylation sites is 1. The molecule has 0 aliphatic heterocycles. The maximum Gasteiger partial charge on any atom is 0 e. The standard InChI is InChI=1S/C13H8N.CH3.Y/c1-2-6-11-10(5-1)9-14-13-8-4-3-7-12(11)13;;/h1-8H;1H3;/q2*-1;. The van der Waals surface area contributed by atoms with Crippen LogP contribution in [0.4, 0.5) is 0 Å². The normalized spacial score (nSPS) is 9.50. The fraction of sp³-hybridized carbons (Fsp3) is 0. The first-order chi connectivity index (χ1) is 6.95. The Bertz CT molecular complexity index is 550. The summed E-state index contributed by atoms with van der Waals surface area (Å²) in [6.45, 7) is 0. The summed E-state index contributed by atoms with van der Waals surface area (Å²) in [4.78, 5) is 4.28. The Morgan fingerprint density at radius 2 is 1.44 bits per heavy atom. The molecule has 0 spiro atoms. The molecule has 1 aromatic heterocycles. The summed E-state index contributed by atoms with van der Waals surface area (Å²) in [6.07, 6.45) is 3.04. The van der Waals surface area contributed by atoms with Crippen molar-refractivity contribution in [3.63, 3.8) is 0 Å². The van der Waals surface area contributed by atoms with Crippen molar-refractivity contribution in [2.75, 3.05) is 0 Å². The third-order valence-electron chi connectivity index (χ3n) is 2.42. The number of hydrogen-bond donors (Lipinski definition) is 0. The van der Waals surface area contributed by atoms with E-state index in [1.165, 1.54) is 10.8 Å². The van der Waals surface area contributed by atoms with E-state index in [1.807, 2.05) is 36.4 Å². The Morgan fingerprint density at radius 1 is 0.812 bits per heavy atom. The number of aromatic nitrogens is 1. The third kappa shape index (κ3) is 2.16. The van der Waals surface area contributed by atoms with Crippen LogP contribution < -0.4 is 0 Å². The topological polar surface area (TPSA) is 12.9 Å². The van der Waals surface area contributed by atoms with Crippen LogP contribution in [0.2, 0.25) is 0 Å². The minimum atomic E-state index is 0. The zero-order chi connectivity index (χ0) is 9.38. The van der Waals surface area contributed by atoms with Crippen LogP contribution in [0.5, 0.6) is 0 Å². The van der Waals surface area contributed by atoms with Crippen LogP contribution in [0.15, 0.2) is 48.5 Å². The summed E-state index contributed by atoms with van der Waals surface area (Å²) in [5, 5.41) is 3.49. The van der Waals surface area contributed by atoms with Gasteiger partial charge in [0.05, 0.1) is 0 Å². The van der Waals surface area contributed by atoms with Crippen LogP contribution in [0, 0.1) is 13.6 Å². The second-order valence-corrected chi connectivity index (χ2v) is 3.29. The van der Waals surface area contributed by atoms with Crippen molar-refractivity contribution in [1.82, 2.24) is 4.98 Å². The van der Waals surface area contributed by atoms with Crippen LogP contribution in [0.25, 0.3) is 21.7 Å². The van der Waals surface area contributed by atoms with Gasteiger partial charge >= 0.3 is 0 Å². The Morgan fingerprint density at radius 3 is 2.25 bits per heavy atom. The van der Waals surface area contributed by atoms with Crippen LogP contribution in [-0.2, 0) is 32.7 Å². The molecule has 16 heavy (non-hydrogen) atoms. The second-order valence-electron chi connectivity index (χ2n) is 3.29.